The largest absolute Gasteiger partial charge is 0.396 e. The van der Waals surface area contributed by atoms with Gasteiger partial charge in [-0.2, -0.15) is 0 Å². The van der Waals surface area contributed by atoms with Crippen molar-refractivity contribution in [3.05, 3.63) is 71.4 Å². The Balaban J connectivity index is 2.17. The van der Waals surface area contributed by atoms with Crippen molar-refractivity contribution in [1.29, 1.82) is 0 Å². The molecule has 2 N–H and O–H groups in total. The lowest BCUT2D eigenvalue weighted by Crippen LogP contribution is -2.04. The average molecular weight is 265 g/mol. The maximum atomic E-state index is 9.45. The van der Waals surface area contributed by atoms with Gasteiger partial charge < -0.3 is 10.1 Å². The number of H-pyrrole nitrogens is 1. The van der Waals surface area contributed by atoms with Gasteiger partial charge in [0, 0.05) is 29.1 Å². The number of hydrogen-bond donors (Lipinski definition) is 2. The lowest BCUT2D eigenvalue weighted by molar-refractivity contribution is 0.281. The number of para-hydroxylation sites is 1. The predicted octanol–water partition coefficient (Wildman–Crippen LogP) is 3.99. The highest BCUT2D eigenvalue weighted by atomic mass is 16.3. The van der Waals surface area contributed by atoms with Crippen LogP contribution in [-0.2, 0) is 0 Å². The summed E-state index contributed by atoms with van der Waals surface area (Å²) in [6.07, 6.45) is 0.743. The third-order valence-corrected chi connectivity index (χ3v) is 3.91. The molecular weight excluding hydrogens is 246 g/mol. The smallest absolute Gasteiger partial charge is 0.0459 e. The first-order valence-electron chi connectivity index (χ1n) is 7.04. The van der Waals surface area contributed by atoms with Gasteiger partial charge >= 0.3 is 0 Å². The second kappa shape index (κ2) is 5.51. The number of hydrogen-bond acceptors (Lipinski definition) is 1. The van der Waals surface area contributed by atoms with E-state index in [0.717, 1.165) is 6.42 Å². The predicted molar refractivity (Wildman–Crippen MR) is 83.0 cm³/mol. The number of nitrogens with one attached hydrogen (secondary N) is 1. The summed E-state index contributed by atoms with van der Waals surface area (Å²) in [4.78, 5) is 3.45. The van der Waals surface area contributed by atoms with Crippen LogP contribution in [0.15, 0.2) is 54.6 Å². The monoisotopic (exact) mass is 265 g/mol. The molecule has 3 aromatic rings. The molecule has 0 saturated carbocycles. The van der Waals surface area contributed by atoms with E-state index >= 15 is 0 Å². The van der Waals surface area contributed by atoms with Crippen molar-refractivity contribution in [3.63, 3.8) is 0 Å². The molecule has 1 atom stereocenters. The van der Waals surface area contributed by atoms with Gasteiger partial charge in [-0.25, -0.2) is 0 Å². The summed E-state index contributed by atoms with van der Waals surface area (Å²) in [7, 11) is 0. The summed E-state index contributed by atoms with van der Waals surface area (Å²) in [5, 5.41) is 10.7. The fraction of sp³-hybridized carbons (Fsp3) is 0.222. The van der Waals surface area contributed by atoms with Crippen molar-refractivity contribution in [2.45, 2.75) is 19.3 Å². The Morgan fingerprint density at radius 3 is 2.45 bits per heavy atom. The van der Waals surface area contributed by atoms with Crippen molar-refractivity contribution in [2.24, 2.45) is 0 Å². The Bertz CT molecular complexity index is 700. The number of aromatic nitrogens is 1. The first-order valence-corrected chi connectivity index (χ1v) is 7.04. The first-order chi connectivity index (χ1) is 9.81. The highest BCUT2D eigenvalue weighted by Gasteiger charge is 2.19. The van der Waals surface area contributed by atoms with Crippen LogP contribution in [0.2, 0.25) is 0 Å². The van der Waals surface area contributed by atoms with Gasteiger partial charge in [0.05, 0.1) is 0 Å². The molecular formula is C18H19NO. The van der Waals surface area contributed by atoms with Gasteiger partial charge in [-0.05, 0) is 30.5 Å². The lowest BCUT2D eigenvalue weighted by Gasteiger charge is -2.17. The number of aromatic amines is 1. The van der Waals surface area contributed by atoms with E-state index in [1.165, 1.54) is 27.7 Å². The molecule has 1 unspecified atom stereocenters. The molecule has 0 aliphatic heterocycles. The molecule has 1 heterocycles. The fourth-order valence-corrected chi connectivity index (χ4v) is 3.04. The van der Waals surface area contributed by atoms with Gasteiger partial charge in [0.25, 0.3) is 0 Å². The normalized spacial score (nSPS) is 12.7. The maximum absolute atomic E-state index is 9.45. The molecule has 0 saturated heterocycles. The van der Waals surface area contributed by atoms with Crippen LogP contribution in [-0.4, -0.2) is 16.7 Å². The molecule has 3 rings (SSSR count). The number of aliphatic hydroxyl groups excluding tert-OH is 1. The van der Waals surface area contributed by atoms with Crippen LogP contribution in [0.5, 0.6) is 0 Å². The van der Waals surface area contributed by atoms with Crippen molar-refractivity contribution < 1.29 is 5.11 Å². The molecule has 0 radical (unpaired) electrons. The third-order valence-electron chi connectivity index (χ3n) is 3.91. The topological polar surface area (TPSA) is 36.0 Å². The van der Waals surface area contributed by atoms with Gasteiger partial charge in [-0.3, -0.25) is 0 Å². The van der Waals surface area contributed by atoms with Crippen LogP contribution < -0.4 is 0 Å². The Morgan fingerprint density at radius 1 is 1.00 bits per heavy atom. The van der Waals surface area contributed by atoms with Gasteiger partial charge in [-0.15, -0.1) is 0 Å². The summed E-state index contributed by atoms with van der Waals surface area (Å²) < 4.78 is 0. The summed E-state index contributed by atoms with van der Waals surface area (Å²) in [6.45, 7) is 2.31. The molecule has 20 heavy (non-hydrogen) atoms. The number of aliphatic hydroxyl groups is 1. The molecule has 102 valence electrons. The van der Waals surface area contributed by atoms with E-state index in [-0.39, 0.29) is 12.5 Å². The molecule has 0 bridgehead atoms. The van der Waals surface area contributed by atoms with E-state index in [0.29, 0.717) is 0 Å². The maximum Gasteiger partial charge on any atom is 0.0459 e. The summed E-state index contributed by atoms with van der Waals surface area (Å²) in [6, 6.07) is 18.8. The van der Waals surface area contributed by atoms with Crippen LogP contribution in [0, 0.1) is 6.92 Å². The highest BCUT2D eigenvalue weighted by Crippen LogP contribution is 2.35. The number of rotatable bonds is 4. The van der Waals surface area contributed by atoms with E-state index in [1.807, 2.05) is 12.1 Å². The van der Waals surface area contributed by atoms with Crippen LogP contribution in [0.25, 0.3) is 10.9 Å². The number of fused-ring (bicyclic) bond motifs is 1. The third kappa shape index (κ3) is 2.23. The quantitative estimate of drug-likeness (QED) is 0.735. The van der Waals surface area contributed by atoms with Gasteiger partial charge in [0.1, 0.15) is 0 Å². The molecule has 1 aromatic heterocycles. The van der Waals surface area contributed by atoms with Gasteiger partial charge in [0.15, 0.2) is 0 Å². The van der Waals surface area contributed by atoms with Crippen molar-refractivity contribution in [3.8, 4) is 0 Å². The van der Waals surface area contributed by atoms with E-state index in [1.54, 1.807) is 0 Å². The van der Waals surface area contributed by atoms with Crippen LogP contribution in [0.4, 0.5) is 0 Å². The number of aryl methyl sites for hydroxylation is 1. The van der Waals surface area contributed by atoms with Gasteiger partial charge in [0.2, 0.25) is 0 Å². The fourth-order valence-electron chi connectivity index (χ4n) is 3.04. The van der Waals surface area contributed by atoms with Crippen molar-refractivity contribution >= 4 is 10.9 Å². The lowest BCUT2D eigenvalue weighted by atomic mass is 9.87. The van der Waals surface area contributed by atoms with Crippen LogP contribution >= 0.6 is 0 Å². The molecule has 2 heteroatoms. The van der Waals surface area contributed by atoms with Crippen LogP contribution in [0.1, 0.15) is 29.2 Å². The molecule has 0 fully saturated rings. The zero-order chi connectivity index (χ0) is 13.9. The van der Waals surface area contributed by atoms with E-state index < -0.39 is 0 Å². The SMILES string of the molecule is Cc1[nH]c2ccccc2c1C(CCO)c1ccccc1. The summed E-state index contributed by atoms with van der Waals surface area (Å²) >= 11 is 0. The first kappa shape index (κ1) is 12.9. The average Bonchev–Trinajstić information content (AvgIpc) is 2.82. The minimum absolute atomic E-state index is 0.193. The second-order valence-electron chi connectivity index (χ2n) is 5.18. The van der Waals surface area contributed by atoms with Gasteiger partial charge in [-0.1, -0.05) is 48.5 Å². The Kier molecular flexibility index (Phi) is 3.57. The molecule has 0 aliphatic rings. The van der Waals surface area contributed by atoms with E-state index in [4.69, 9.17) is 0 Å². The summed E-state index contributed by atoms with van der Waals surface area (Å²) in [5.41, 5.74) is 4.92. The van der Waals surface area contributed by atoms with Crippen molar-refractivity contribution in [2.75, 3.05) is 6.61 Å². The number of benzene rings is 2. The zero-order valence-electron chi connectivity index (χ0n) is 11.6. The molecule has 0 spiro atoms. The Labute approximate surface area is 119 Å². The standard InChI is InChI=1S/C18H19NO/c1-13-18(16-9-5-6-10-17(16)19-13)15(11-12-20)14-7-3-2-4-8-14/h2-10,15,19-20H,11-12H2,1H3. The minimum atomic E-state index is 0.193. The Morgan fingerprint density at radius 2 is 1.70 bits per heavy atom. The van der Waals surface area contributed by atoms with Crippen LogP contribution in [0.3, 0.4) is 0 Å². The molecule has 0 aliphatic carbocycles. The summed E-state index contributed by atoms with van der Waals surface area (Å²) in [5.74, 6) is 0.234. The Hall–Kier alpha value is -2.06. The zero-order valence-corrected chi connectivity index (χ0v) is 11.6. The molecule has 0 amide bonds. The minimum Gasteiger partial charge on any atom is -0.396 e. The van der Waals surface area contributed by atoms with Crippen molar-refractivity contribution in [1.82, 2.24) is 4.98 Å². The molecule has 2 aromatic carbocycles. The van der Waals surface area contributed by atoms with E-state index in [9.17, 15) is 5.11 Å². The van der Waals surface area contributed by atoms with E-state index in [2.05, 4.69) is 54.4 Å². The molecule has 2 nitrogen and oxygen atoms in total. The second-order valence-corrected chi connectivity index (χ2v) is 5.18. The highest BCUT2D eigenvalue weighted by molar-refractivity contribution is 5.85.